The molecule has 5 heteroatoms. The third-order valence-electron chi connectivity index (χ3n) is 4.16. The van der Waals surface area contributed by atoms with Crippen LogP contribution in [0.15, 0.2) is 24.3 Å². The summed E-state index contributed by atoms with van der Waals surface area (Å²) in [5.74, 6) is 0. The molecule has 1 fully saturated rings. The zero-order valence-electron chi connectivity index (χ0n) is 10.5. The van der Waals surface area contributed by atoms with Gasteiger partial charge in [0.25, 0.3) is 0 Å². The van der Waals surface area contributed by atoms with Crippen molar-refractivity contribution in [3.8, 4) is 6.07 Å². The minimum atomic E-state index is -0.830. The molecule has 5 nitrogen and oxygen atoms in total. The van der Waals surface area contributed by atoms with E-state index in [4.69, 9.17) is 10.5 Å². The van der Waals surface area contributed by atoms with E-state index < -0.39 is 11.5 Å². The molecule has 2 N–H and O–H groups in total. The quantitative estimate of drug-likeness (QED) is 0.871. The van der Waals surface area contributed by atoms with Crippen LogP contribution in [-0.4, -0.2) is 25.3 Å². The topological polar surface area (TPSA) is 79.3 Å². The van der Waals surface area contributed by atoms with Crippen LogP contribution in [0.1, 0.15) is 18.4 Å². The molecule has 0 spiro atoms. The maximum atomic E-state index is 10.9. The number of nitrogens with zero attached hydrogens (tertiary/aromatic N) is 2. The molecule has 3 rings (SSSR count). The first-order chi connectivity index (χ1) is 9.19. The first kappa shape index (κ1) is 11.8. The van der Waals surface area contributed by atoms with Gasteiger partial charge < -0.3 is 15.4 Å². The lowest BCUT2D eigenvalue weighted by atomic mass is 9.77. The summed E-state index contributed by atoms with van der Waals surface area (Å²) in [5.41, 5.74) is 6.30. The van der Waals surface area contributed by atoms with Gasteiger partial charge in [-0.2, -0.15) is 5.26 Å². The van der Waals surface area contributed by atoms with Gasteiger partial charge in [-0.05, 0) is 18.9 Å². The molecular formula is C14H15N3O2. The molecular weight excluding hydrogens is 242 g/mol. The Balaban J connectivity index is 2.07. The van der Waals surface area contributed by atoms with E-state index in [-0.39, 0.29) is 12.6 Å². The Labute approximate surface area is 111 Å². The summed E-state index contributed by atoms with van der Waals surface area (Å²) in [4.78, 5) is 13.1. The lowest BCUT2D eigenvalue weighted by Gasteiger charge is -2.28. The number of anilines is 1. The molecule has 2 aliphatic rings. The maximum Gasteiger partial charge on any atom is 0.404 e. The molecule has 2 atom stereocenters. The van der Waals surface area contributed by atoms with E-state index in [0.717, 1.165) is 30.6 Å². The smallest absolute Gasteiger partial charge is 0.404 e. The van der Waals surface area contributed by atoms with Crippen LogP contribution in [0.4, 0.5) is 10.5 Å². The van der Waals surface area contributed by atoms with E-state index in [2.05, 4.69) is 11.0 Å². The van der Waals surface area contributed by atoms with Gasteiger partial charge in [0.1, 0.15) is 12.0 Å². The fourth-order valence-electron chi connectivity index (χ4n) is 3.37. The number of benzene rings is 1. The van der Waals surface area contributed by atoms with Crippen LogP contribution in [0.2, 0.25) is 0 Å². The fraction of sp³-hybridized carbons (Fsp3) is 0.429. The number of fused-ring (bicyclic) bond motifs is 3. The minimum absolute atomic E-state index is 0.0248. The van der Waals surface area contributed by atoms with Crippen molar-refractivity contribution in [3.63, 3.8) is 0 Å². The van der Waals surface area contributed by atoms with Gasteiger partial charge in [0.2, 0.25) is 0 Å². The lowest BCUT2D eigenvalue weighted by Crippen LogP contribution is -2.44. The van der Waals surface area contributed by atoms with E-state index in [9.17, 15) is 10.1 Å². The zero-order valence-corrected chi connectivity index (χ0v) is 10.5. The highest BCUT2D eigenvalue weighted by Gasteiger charge is 2.54. The highest BCUT2D eigenvalue weighted by atomic mass is 16.5. The van der Waals surface area contributed by atoms with Crippen molar-refractivity contribution >= 4 is 11.8 Å². The van der Waals surface area contributed by atoms with Crippen LogP contribution in [0.3, 0.4) is 0 Å². The summed E-state index contributed by atoms with van der Waals surface area (Å²) in [6, 6.07) is 10.3. The summed E-state index contributed by atoms with van der Waals surface area (Å²) in [7, 11) is 0. The van der Waals surface area contributed by atoms with Gasteiger partial charge >= 0.3 is 6.09 Å². The Bertz CT molecular complexity index is 566. The summed E-state index contributed by atoms with van der Waals surface area (Å²) < 4.78 is 4.97. The van der Waals surface area contributed by atoms with Crippen LogP contribution < -0.4 is 10.6 Å². The van der Waals surface area contributed by atoms with Crippen LogP contribution in [0.25, 0.3) is 0 Å². The van der Waals surface area contributed by atoms with Crippen molar-refractivity contribution in [2.45, 2.75) is 24.3 Å². The van der Waals surface area contributed by atoms with Gasteiger partial charge in [0.05, 0.1) is 12.1 Å². The highest BCUT2D eigenvalue weighted by Crippen LogP contribution is 2.49. The molecule has 0 radical (unpaired) electrons. The number of amides is 1. The number of hydrogen-bond acceptors (Lipinski definition) is 4. The number of carbonyl (C=O) groups is 1. The normalized spacial score (nSPS) is 27.5. The monoisotopic (exact) mass is 257 g/mol. The Morgan fingerprint density at radius 2 is 2.37 bits per heavy atom. The van der Waals surface area contributed by atoms with Crippen molar-refractivity contribution in [2.75, 3.05) is 18.1 Å². The lowest BCUT2D eigenvalue weighted by molar-refractivity contribution is 0.133. The third-order valence-corrected chi connectivity index (χ3v) is 4.16. The summed E-state index contributed by atoms with van der Waals surface area (Å²) in [6.45, 7) is 0.971. The second-order valence-electron chi connectivity index (χ2n) is 5.06. The first-order valence-electron chi connectivity index (χ1n) is 6.39. The van der Waals surface area contributed by atoms with E-state index in [1.54, 1.807) is 0 Å². The van der Waals surface area contributed by atoms with E-state index in [0.29, 0.717) is 0 Å². The third kappa shape index (κ3) is 1.56. The average molecular weight is 257 g/mol. The largest absolute Gasteiger partial charge is 0.448 e. The Morgan fingerprint density at radius 3 is 3.11 bits per heavy atom. The molecule has 0 aliphatic carbocycles. The number of primary amides is 1. The van der Waals surface area contributed by atoms with Crippen LogP contribution in [-0.2, 0) is 10.2 Å². The molecule has 1 aromatic rings. The van der Waals surface area contributed by atoms with E-state index in [1.807, 2.05) is 24.3 Å². The Morgan fingerprint density at radius 1 is 1.58 bits per heavy atom. The van der Waals surface area contributed by atoms with Crippen molar-refractivity contribution < 1.29 is 9.53 Å². The molecule has 0 bridgehead atoms. The van der Waals surface area contributed by atoms with Crippen molar-refractivity contribution in [2.24, 2.45) is 5.73 Å². The molecule has 98 valence electrons. The number of rotatable bonds is 2. The SMILES string of the molecule is N#C[C@]1(COC(N)=O)c2ccccc2N2CCC[C@@H]21. The molecule has 1 amide bonds. The molecule has 0 saturated carbocycles. The first-order valence-corrected chi connectivity index (χ1v) is 6.39. The predicted octanol–water partition coefficient (Wildman–Crippen LogP) is 1.53. The zero-order chi connectivity index (χ0) is 13.5. The molecule has 1 aromatic carbocycles. The molecule has 2 heterocycles. The van der Waals surface area contributed by atoms with Crippen molar-refractivity contribution in [3.05, 3.63) is 29.8 Å². The van der Waals surface area contributed by atoms with Gasteiger partial charge in [-0.3, -0.25) is 0 Å². The van der Waals surface area contributed by atoms with Gasteiger partial charge in [0, 0.05) is 17.8 Å². The number of para-hydroxylation sites is 1. The highest BCUT2D eigenvalue weighted by molar-refractivity contribution is 5.69. The number of nitriles is 1. The summed E-state index contributed by atoms with van der Waals surface area (Å²) >= 11 is 0. The Kier molecular flexibility index (Phi) is 2.59. The van der Waals surface area contributed by atoms with E-state index >= 15 is 0 Å². The molecule has 0 unspecified atom stereocenters. The average Bonchev–Trinajstić information content (AvgIpc) is 2.97. The standard InChI is InChI=1S/C14H15N3O2/c15-8-14(9-19-13(16)18)10-4-1-2-5-11(10)17-7-3-6-12(14)17/h1-2,4-5,12H,3,6-7,9H2,(H2,16,18)/t12-,14+/m1/s1. The maximum absolute atomic E-state index is 10.9. The summed E-state index contributed by atoms with van der Waals surface area (Å²) in [6.07, 6.45) is 1.16. The molecule has 1 saturated heterocycles. The summed E-state index contributed by atoms with van der Waals surface area (Å²) in [5, 5.41) is 9.71. The van der Waals surface area contributed by atoms with Gasteiger partial charge in [-0.25, -0.2) is 4.79 Å². The fourth-order valence-corrected chi connectivity index (χ4v) is 3.37. The number of hydrogen-bond donors (Lipinski definition) is 1. The minimum Gasteiger partial charge on any atom is -0.448 e. The number of ether oxygens (including phenoxy) is 1. The molecule has 0 aromatic heterocycles. The molecule has 2 aliphatic heterocycles. The van der Waals surface area contributed by atoms with Crippen LogP contribution >= 0.6 is 0 Å². The van der Waals surface area contributed by atoms with Crippen molar-refractivity contribution in [1.29, 1.82) is 5.26 Å². The van der Waals surface area contributed by atoms with Gasteiger partial charge in [0.15, 0.2) is 0 Å². The van der Waals surface area contributed by atoms with Gasteiger partial charge in [-0.1, -0.05) is 18.2 Å². The second kappa shape index (κ2) is 4.16. The van der Waals surface area contributed by atoms with E-state index in [1.165, 1.54) is 0 Å². The Hall–Kier alpha value is -2.22. The molecule has 19 heavy (non-hydrogen) atoms. The van der Waals surface area contributed by atoms with Crippen molar-refractivity contribution in [1.82, 2.24) is 0 Å². The number of carbonyl (C=O) groups excluding carboxylic acids is 1. The van der Waals surface area contributed by atoms with Crippen LogP contribution in [0, 0.1) is 11.3 Å². The second-order valence-corrected chi connectivity index (χ2v) is 5.06. The van der Waals surface area contributed by atoms with Crippen LogP contribution in [0.5, 0.6) is 0 Å². The van der Waals surface area contributed by atoms with Gasteiger partial charge in [-0.15, -0.1) is 0 Å². The number of nitrogens with two attached hydrogens (primary N) is 1. The predicted molar refractivity (Wildman–Crippen MR) is 69.6 cm³/mol.